The zero-order valence-corrected chi connectivity index (χ0v) is 9.42. The van der Waals surface area contributed by atoms with E-state index in [9.17, 15) is 10.1 Å². The quantitative estimate of drug-likeness (QED) is 0.540. The normalized spacial score (nSPS) is 12.6. The Hall–Kier alpha value is -1.47. The van der Waals surface area contributed by atoms with Crippen LogP contribution in [-0.2, 0) is 11.3 Å². The highest BCUT2D eigenvalue weighted by molar-refractivity contribution is 5.20. The van der Waals surface area contributed by atoms with Crippen molar-refractivity contribution >= 4 is 5.69 Å². The van der Waals surface area contributed by atoms with Gasteiger partial charge in [0.15, 0.2) is 0 Å². The van der Waals surface area contributed by atoms with Gasteiger partial charge in [-0.3, -0.25) is 14.8 Å². The molecule has 0 aliphatic rings. The van der Waals surface area contributed by atoms with Gasteiger partial charge >= 0.3 is 5.69 Å². The molecule has 0 aliphatic heterocycles. The molecule has 1 aromatic heterocycles. The van der Waals surface area contributed by atoms with Crippen LogP contribution in [-0.4, -0.2) is 41.0 Å². The van der Waals surface area contributed by atoms with Crippen LogP contribution in [0.4, 0.5) is 5.69 Å². The summed E-state index contributed by atoms with van der Waals surface area (Å²) >= 11 is 0. The molecule has 90 valence electrons. The second-order valence-electron chi connectivity index (χ2n) is 3.53. The van der Waals surface area contributed by atoms with E-state index in [1.165, 1.54) is 12.4 Å². The molecule has 0 spiro atoms. The van der Waals surface area contributed by atoms with Gasteiger partial charge in [0.1, 0.15) is 12.4 Å². The van der Waals surface area contributed by atoms with E-state index in [-0.39, 0.29) is 11.7 Å². The van der Waals surface area contributed by atoms with E-state index in [0.29, 0.717) is 19.7 Å². The first-order valence-electron chi connectivity index (χ1n) is 5.02. The minimum Gasteiger partial charge on any atom is -0.383 e. The number of methoxy groups -OCH3 is 1. The highest BCUT2D eigenvalue weighted by Crippen LogP contribution is 2.06. The van der Waals surface area contributed by atoms with Crippen molar-refractivity contribution in [1.29, 1.82) is 0 Å². The Kier molecular flexibility index (Phi) is 4.87. The number of ether oxygens (including phenoxy) is 1. The number of nitro groups is 1. The Morgan fingerprint density at radius 2 is 2.50 bits per heavy atom. The predicted octanol–water partition coefficient (Wildman–Crippen LogP) is 0.416. The van der Waals surface area contributed by atoms with E-state index in [1.807, 2.05) is 6.92 Å². The molecule has 0 saturated carbocycles. The van der Waals surface area contributed by atoms with Crippen molar-refractivity contribution in [2.75, 3.05) is 20.3 Å². The third-order valence-electron chi connectivity index (χ3n) is 2.08. The molecule has 7 heteroatoms. The van der Waals surface area contributed by atoms with E-state index in [0.717, 1.165) is 0 Å². The lowest BCUT2D eigenvalue weighted by Crippen LogP contribution is -2.32. The van der Waals surface area contributed by atoms with Gasteiger partial charge in [0.2, 0.25) is 0 Å². The number of nitrogens with zero attached hydrogens (tertiary/aromatic N) is 3. The summed E-state index contributed by atoms with van der Waals surface area (Å²) in [7, 11) is 1.65. The van der Waals surface area contributed by atoms with E-state index >= 15 is 0 Å². The van der Waals surface area contributed by atoms with Gasteiger partial charge in [-0.15, -0.1) is 0 Å². The number of hydrogen-bond acceptors (Lipinski definition) is 5. The van der Waals surface area contributed by atoms with Gasteiger partial charge < -0.3 is 10.1 Å². The SMILES string of the molecule is COCC(C)NCCn1cc([N+](=O)[O-])cn1. The topological polar surface area (TPSA) is 82.2 Å². The van der Waals surface area contributed by atoms with Crippen LogP contribution in [0.2, 0.25) is 0 Å². The molecule has 0 saturated heterocycles. The van der Waals surface area contributed by atoms with Crippen LogP contribution in [0.1, 0.15) is 6.92 Å². The van der Waals surface area contributed by atoms with Crippen molar-refractivity contribution in [3.05, 3.63) is 22.5 Å². The fourth-order valence-corrected chi connectivity index (χ4v) is 1.30. The smallest absolute Gasteiger partial charge is 0.306 e. The summed E-state index contributed by atoms with van der Waals surface area (Å²) in [6.45, 7) is 3.94. The van der Waals surface area contributed by atoms with Crippen LogP contribution in [0.15, 0.2) is 12.4 Å². The molecule has 1 heterocycles. The van der Waals surface area contributed by atoms with Crippen molar-refractivity contribution in [2.45, 2.75) is 19.5 Å². The van der Waals surface area contributed by atoms with E-state index < -0.39 is 4.92 Å². The maximum atomic E-state index is 10.4. The molecule has 1 atom stereocenters. The molecule has 1 unspecified atom stereocenters. The molecular weight excluding hydrogens is 212 g/mol. The fourth-order valence-electron chi connectivity index (χ4n) is 1.30. The van der Waals surface area contributed by atoms with Crippen LogP contribution in [0.3, 0.4) is 0 Å². The van der Waals surface area contributed by atoms with Gasteiger partial charge in [-0.25, -0.2) is 0 Å². The van der Waals surface area contributed by atoms with E-state index in [4.69, 9.17) is 4.74 Å². The Bertz CT molecular complexity index is 339. The Labute approximate surface area is 93.5 Å². The summed E-state index contributed by atoms with van der Waals surface area (Å²) in [5.41, 5.74) is 0.0185. The number of nitrogens with one attached hydrogen (secondary N) is 1. The molecule has 0 bridgehead atoms. The lowest BCUT2D eigenvalue weighted by atomic mass is 10.3. The van der Waals surface area contributed by atoms with Gasteiger partial charge in [0.05, 0.1) is 18.1 Å². The number of aromatic nitrogens is 2. The Balaban J connectivity index is 2.29. The summed E-state index contributed by atoms with van der Waals surface area (Å²) in [6.07, 6.45) is 2.67. The molecule has 7 nitrogen and oxygen atoms in total. The minimum absolute atomic E-state index is 0.0185. The second kappa shape index (κ2) is 6.19. The second-order valence-corrected chi connectivity index (χ2v) is 3.53. The molecule has 0 radical (unpaired) electrons. The lowest BCUT2D eigenvalue weighted by Gasteiger charge is -2.11. The van der Waals surface area contributed by atoms with Crippen LogP contribution < -0.4 is 5.32 Å². The van der Waals surface area contributed by atoms with Crippen molar-refractivity contribution in [2.24, 2.45) is 0 Å². The zero-order valence-electron chi connectivity index (χ0n) is 9.42. The van der Waals surface area contributed by atoms with Crippen LogP contribution in [0.5, 0.6) is 0 Å². The monoisotopic (exact) mass is 228 g/mol. The third-order valence-corrected chi connectivity index (χ3v) is 2.08. The highest BCUT2D eigenvalue weighted by Gasteiger charge is 2.08. The fraction of sp³-hybridized carbons (Fsp3) is 0.667. The summed E-state index contributed by atoms with van der Waals surface area (Å²) < 4.78 is 6.51. The van der Waals surface area contributed by atoms with Crippen LogP contribution in [0.25, 0.3) is 0 Å². The summed E-state index contributed by atoms with van der Waals surface area (Å²) in [6, 6.07) is 0.260. The summed E-state index contributed by atoms with van der Waals surface area (Å²) in [5, 5.41) is 17.5. The van der Waals surface area contributed by atoms with Gasteiger partial charge in [0.25, 0.3) is 0 Å². The summed E-state index contributed by atoms with van der Waals surface area (Å²) in [4.78, 5) is 9.95. The molecule has 0 aliphatic carbocycles. The largest absolute Gasteiger partial charge is 0.383 e. The standard InChI is InChI=1S/C9H16N4O3/c1-8(7-16-2)10-3-4-12-6-9(5-11-12)13(14)15/h5-6,8,10H,3-4,7H2,1-2H3. The third kappa shape index (κ3) is 3.95. The Morgan fingerprint density at radius 1 is 1.75 bits per heavy atom. The van der Waals surface area contributed by atoms with Crippen molar-refractivity contribution in [1.82, 2.24) is 15.1 Å². The molecule has 0 amide bonds. The number of rotatable bonds is 7. The van der Waals surface area contributed by atoms with Gasteiger partial charge in [-0.1, -0.05) is 0 Å². The molecule has 1 N–H and O–H groups in total. The molecule has 1 aromatic rings. The average Bonchev–Trinajstić information content (AvgIpc) is 2.67. The number of hydrogen-bond donors (Lipinski definition) is 1. The molecule has 1 rings (SSSR count). The molecule has 0 aromatic carbocycles. The van der Waals surface area contributed by atoms with Crippen molar-refractivity contribution in [3.63, 3.8) is 0 Å². The molecule has 16 heavy (non-hydrogen) atoms. The molecular formula is C9H16N4O3. The van der Waals surface area contributed by atoms with Crippen LogP contribution >= 0.6 is 0 Å². The predicted molar refractivity (Wildman–Crippen MR) is 58.2 cm³/mol. The maximum absolute atomic E-state index is 10.4. The zero-order chi connectivity index (χ0) is 12.0. The lowest BCUT2D eigenvalue weighted by molar-refractivity contribution is -0.385. The van der Waals surface area contributed by atoms with E-state index in [1.54, 1.807) is 11.8 Å². The first-order chi connectivity index (χ1) is 7.63. The van der Waals surface area contributed by atoms with E-state index in [2.05, 4.69) is 10.4 Å². The van der Waals surface area contributed by atoms with Gasteiger partial charge in [0, 0.05) is 19.7 Å². The minimum atomic E-state index is -0.454. The molecule has 0 fully saturated rings. The maximum Gasteiger partial charge on any atom is 0.306 e. The van der Waals surface area contributed by atoms with Crippen molar-refractivity contribution in [3.8, 4) is 0 Å². The summed E-state index contributed by atoms with van der Waals surface area (Å²) in [5.74, 6) is 0. The first-order valence-corrected chi connectivity index (χ1v) is 5.02. The average molecular weight is 228 g/mol. The van der Waals surface area contributed by atoms with Crippen molar-refractivity contribution < 1.29 is 9.66 Å². The Morgan fingerprint density at radius 3 is 3.06 bits per heavy atom. The van der Waals surface area contributed by atoms with Gasteiger partial charge in [-0.2, -0.15) is 5.10 Å². The highest BCUT2D eigenvalue weighted by atomic mass is 16.6. The van der Waals surface area contributed by atoms with Crippen LogP contribution in [0, 0.1) is 10.1 Å². The van der Waals surface area contributed by atoms with Gasteiger partial charge in [-0.05, 0) is 6.92 Å². The first kappa shape index (κ1) is 12.6.